The lowest BCUT2D eigenvalue weighted by molar-refractivity contribution is -0.135. The van der Waals surface area contributed by atoms with Crippen LogP contribution in [0.15, 0.2) is 0 Å². The smallest absolute Gasteiger partial charge is 0.239 e. The molecule has 0 spiro atoms. The van der Waals surface area contributed by atoms with Crippen molar-refractivity contribution in [1.82, 2.24) is 10.2 Å². The van der Waals surface area contributed by atoms with Crippen molar-refractivity contribution in [2.24, 2.45) is 11.8 Å². The Kier molecular flexibility index (Phi) is 6.83. The minimum Gasteiger partial charge on any atom is -0.396 e. The molecule has 2 unspecified atom stereocenters. The number of nitrogens with zero attached hydrogens (tertiary/aromatic N) is 1. The van der Waals surface area contributed by atoms with Crippen LogP contribution in [-0.4, -0.2) is 59.2 Å². The summed E-state index contributed by atoms with van der Waals surface area (Å²) in [5.74, 6) is 3.53. The number of hydrogen-bond acceptors (Lipinski definition) is 4. The van der Waals surface area contributed by atoms with Crippen molar-refractivity contribution in [2.75, 3.05) is 31.2 Å². The molecule has 2 aliphatic heterocycles. The fourth-order valence-corrected chi connectivity index (χ4v) is 4.38. The predicted octanol–water partition coefficient (Wildman–Crippen LogP) is 1.73. The van der Waals surface area contributed by atoms with E-state index in [1.807, 2.05) is 16.7 Å². The van der Waals surface area contributed by atoms with E-state index in [2.05, 4.69) is 19.2 Å². The number of likely N-dealkylation sites (tertiary alicyclic amines) is 1. The zero-order chi connectivity index (χ0) is 15.2. The fourth-order valence-electron chi connectivity index (χ4n) is 3.22. The van der Waals surface area contributed by atoms with Crippen LogP contribution < -0.4 is 5.32 Å². The molecule has 2 fully saturated rings. The number of rotatable bonds is 6. The van der Waals surface area contributed by atoms with Gasteiger partial charge in [0.1, 0.15) is 0 Å². The molecule has 0 aromatic carbocycles. The number of aliphatic hydroxyl groups is 1. The lowest BCUT2D eigenvalue weighted by atomic mass is 9.96. The summed E-state index contributed by atoms with van der Waals surface area (Å²) in [6.07, 6.45) is 3.98. The third-order valence-electron chi connectivity index (χ3n) is 4.56. The van der Waals surface area contributed by atoms with Crippen molar-refractivity contribution in [3.8, 4) is 0 Å². The Hall–Kier alpha value is -0.260. The molecule has 2 saturated heterocycles. The van der Waals surface area contributed by atoms with Gasteiger partial charge in [-0.3, -0.25) is 4.79 Å². The van der Waals surface area contributed by atoms with E-state index in [4.69, 9.17) is 0 Å². The van der Waals surface area contributed by atoms with E-state index in [1.165, 1.54) is 12.2 Å². The van der Waals surface area contributed by atoms with E-state index < -0.39 is 0 Å². The summed E-state index contributed by atoms with van der Waals surface area (Å²) in [7, 11) is 0. The average molecular weight is 314 g/mol. The summed E-state index contributed by atoms with van der Waals surface area (Å²) in [6, 6.07) is 0.469. The number of carbonyl (C=O) groups is 1. The number of amides is 1. The van der Waals surface area contributed by atoms with Gasteiger partial charge >= 0.3 is 0 Å². The van der Waals surface area contributed by atoms with Crippen LogP contribution in [0.3, 0.4) is 0 Å². The molecule has 2 rings (SSSR count). The Balaban J connectivity index is 1.90. The predicted molar refractivity (Wildman–Crippen MR) is 88.5 cm³/mol. The lowest BCUT2D eigenvalue weighted by Gasteiger charge is -2.35. The molecule has 0 aromatic heterocycles. The van der Waals surface area contributed by atoms with Crippen LogP contribution >= 0.6 is 11.8 Å². The largest absolute Gasteiger partial charge is 0.396 e. The third-order valence-corrected chi connectivity index (χ3v) is 5.72. The molecule has 122 valence electrons. The molecule has 0 saturated carbocycles. The van der Waals surface area contributed by atoms with Crippen LogP contribution in [0.1, 0.15) is 39.5 Å². The first-order chi connectivity index (χ1) is 10.1. The molecule has 2 heterocycles. The number of nitrogens with one attached hydrogen (secondary N) is 1. The molecule has 21 heavy (non-hydrogen) atoms. The van der Waals surface area contributed by atoms with Crippen LogP contribution in [0.25, 0.3) is 0 Å². The maximum atomic E-state index is 12.8. The first-order valence-electron chi connectivity index (χ1n) is 8.33. The van der Waals surface area contributed by atoms with Gasteiger partial charge in [-0.05, 0) is 43.3 Å². The minimum atomic E-state index is -0.0284. The van der Waals surface area contributed by atoms with E-state index in [1.54, 1.807) is 0 Å². The first-order valence-corrected chi connectivity index (χ1v) is 9.49. The molecule has 2 atom stereocenters. The van der Waals surface area contributed by atoms with Crippen LogP contribution in [0.2, 0.25) is 0 Å². The second-order valence-electron chi connectivity index (χ2n) is 6.86. The van der Waals surface area contributed by atoms with Gasteiger partial charge in [-0.15, -0.1) is 0 Å². The Morgan fingerprint density at radius 3 is 2.57 bits per heavy atom. The van der Waals surface area contributed by atoms with Crippen molar-refractivity contribution in [1.29, 1.82) is 0 Å². The molecule has 0 aliphatic carbocycles. The fraction of sp³-hybridized carbons (Fsp3) is 0.938. The summed E-state index contributed by atoms with van der Waals surface area (Å²) >= 11 is 1.98. The van der Waals surface area contributed by atoms with Crippen LogP contribution in [-0.2, 0) is 4.79 Å². The molecular formula is C16H30N2O2S. The standard InChI is InChI=1S/C16H30N2O2S/c1-12(2)9-15(17-14-5-8-21-11-14)16(20)18-6-3-13(10-19)4-7-18/h12-15,17,19H,3-11H2,1-2H3. The van der Waals surface area contributed by atoms with Crippen molar-refractivity contribution in [3.05, 3.63) is 0 Å². The molecule has 2 N–H and O–H groups in total. The second-order valence-corrected chi connectivity index (χ2v) is 8.01. The van der Waals surface area contributed by atoms with Crippen molar-refractivity contribution in [3.63, 3.8) is 0 Å². The Morgan fingerprint density at radius 2 is 2.05 bits per heavy atom. The molecule has 4 nitrogen and oxygen atoms in total. The van der Waals surface area contributed by atoms with Gasteiger partial charge in [0.25, 0.3) is 0 Å². The zero-order valence-electron chi connectivity index (χ0n) is 13.4. The van der Waals surface area contributed by atoms with E-state index in [-0.39, 0.29) is 18.6 Å². The molecule has 0 aromatic rings. The van der Waals surface area contributed by atoms with Gasteiger partial charge in [-0.1, -0.05) is 13.8 Å². The molecule has 0 radical (unpaired) electrons. The first kappa shape index (κ1) is 17.1. The Bertz CT molecular complexity index is 324. The maximum absolute atomic E-state index is 12.8. The number of hydrogen-bond donors (Lipinski definition) is 2. The topological polar surface area (TPSA) is 52.6 Å². The second kappa shape index (κ2) is 8.39. The molecule has 2 aliphatic rings. The molecule has 0 bridgehead atoms. The SMILES string of the molecule is CC(C)CC(NC1CCSC1)C(=O)N1CCC(CO)CC1. The van der Waals surface area contributed by atoms with Crippen LogP contribution in [0.4, 0.5) is 0 Å². The summed E-state index contributed by atoms with van der Waals surface area (Å²) in [4.78, 5) is 14.8. The van der Waals surface area contributed by atoms with E-state index in [9.17, 15) is 9.90 Å². The van der Waals surface area contributed by atoms with Gasteiger partial charge < -0.3 is 15.3 Å². The van der Waals surface area contributed by atoms with Crippen molar-refractivity contribution < 1.29 is 9.90 Å². The summed E-state index contributed by atoms with van der Waals surface area (Å²) in [5, 5.41) is 12.8. The number of piperidine rings is 1. The summed E-state index contributed by atoms with van der Waals surface area (Å²) < 4.78 is 0. The van der Waals surface area contributed by atoms with E-state index in [0.29, 0.717) is 17.9 Å². The Morgan fingerprint density at radius 1 is 1.33 bits per heavy atom. The van der Waals surface area contributed by atoms with Crippen molar-refractivity contribution in [2.45, 2.75) is 51.6 Å². The van der Waals surface area contributed by atoms with Gasteiger partial charge in [0.05, 0.1) is 6.04 Å². The van der Waals surface area contributed by atoms with Gasteiger partial charge in [0, 0.05) is 31.5 Å². The summed E-state index contributed by atoms with van der Waals surface area (Å²) in [5.41, 5.74) is 0. The molecule has 1 amide bonds. The zero-order valence-corrected chi connectivity index (χ0v) is 14.2. The maximum Gasteiger partial charge on any atom is 0.239 e. The monoisotopic (exact) mass is 314 g/mol. The van der Waals surface area contributed by atoms with E-state index in [0.717, 1.165) is 38.1 Å². The van der Waals surface area contributed by atoms with Gasteiger partial charge in [0.2, 0.25) is 5.91 Å². The Labute approximate surface area is 133 Å². The third kappa shape index (κ3) is 5.15. The highest BCUT2D eigenvalue weighted by Gasteiger charge is 2.30. The normalized spacial score (nSPS) is 25.5. The van der Waals surface area contributed by atoms with Crippen molar-refractivity contribution >= 4 is 17.7 Å². The quantitative estimate of drug-likeness (QED) is 0.784. The minimum absolute atomic E-state index is 0.0284. The van der Waals surface area contributed by atoms with Crippen LogP contribution in [0, 0.1) is 11.8 Å². The highest BCUT2D eigenvalue weighted by atomic mass is 32.2. The van der Waals surface area contributed by atoms with Gasteiger partial charge in [-0.25, -0.2) is 0 Å². The van der Waals surface area contributed by atoms with Crippen LogP contribution in [0.5, 0.6) is 0 Å². The van der Waals surface area contributed by atoms with Gasteiger partial charge in [-0.2, -0.15) is 11.8 Å². The van der Waals surface area contributed by atoms with E-state index >= 15 is 0 Å². The summed E-state index contributed by atoms with van der Waals surface area (Å²) in [6.45, 7) is 6.24. The highest BCUT2D eigenvalue weighted by Crippen LogP contribution is 2.21. The highest BCUT2D eigenvalue weighted by molar-refractivity contribution is 7.99. The molecule has 5 heteroatoms. The number of thioether (sulfide) groups is 1. The lowest BCUT2D eigenvalue weighted by Crippen LogP contribution is -2.52. The average Bonchev–Trinajstić information content (AvgIpc) is 2.98. The van der Waals surface area contributed by atoms with Gasteiger partial charge in [0.15, 0.2) is 0 Å². The number of carbonyl (C=O) groups excluding carboxylic acids is 1. The number of aliphatic hydroxyl groups excluding tert-OH is 1. The molecular weight excluding hydrogens is 284 g/mol.